The van der Waals surface area contributed by atoms with E-state index in [0.717, 1.165) is 12.1 Å². The predicted molar refractivity (Wildman–Crippen MR) is 113 cm³/mol. The van der Waals surface area contributed by atoms with Gasteiger partial charge in [0.2, 0.25) is 5.76 Å². The van der Waals surface area contributed by atoms with Crippen molar-refractivity contribution < 1.29 is 23.6 Å². The van der Waals surface area contributed by atoms with E-state index in [1.165, 1.54) is 4.90 Å². The standard InChI is InChI=1S/C23H24N2O5/c1-24(2)11-12-25-20(14-5-7-15(28-3)8-6-14)19-21(26)17-10-9-16(29-4)13-18(17)30-22(19)23(25)27/h5-10,13,20H,11-12H2,1-4H3/p+1/t20-/m0/s1. The number of nitrogens with zero attached hydrogens (tertiary/aromatic N) is 1. The highest BCUT2D eigenvalue weighted by molar-refractivity contribution is 5.99. The number of benzene rings is 2. The molecule has 1 amide bonds. The van der Waals surface area contributed by atoms with Gasteiger partial charge in [-0.25, -0.2) is 0 Å². The molecule has 0 bridgehead atoms. The van der Waals surface area contributed by atoms with Crippen molar-refractivity contribution in [3.63, 3.8) is 0 Å². The van der Waals surface area contributed by atoms with Crippen LogP contribution >= 0.6 is 0 Å². The molecule has 0 radical (unpaired) electrons. The molecule has 0 unspecified atom stereocenters. The van der Waals surface area contributed by atoms with Crippen molar-refractivity contribution >= 4 is 16.9 Å². The molecule has 1 aliphatic rings. The molecule has 1 N–H and O–H groups in total. The summed E-state index contributed by atoms with van der Waals surface area (Å²) >= 11 is 0. The number of rotatable bonds is 6. The number of hydrogen-bond donors (Lipinski definition) is 1. The third-order valence-electron chi connectivity index (χ3n) is 5.46. The largest absolute Gasteiger partial charge is 0.497 e. The van der Waals surface area contributed by atoms with Crippen LogP contribution in [-0.4, -0.2) is 52.2 Å². The first-order valence-corrected chi connectivity index (χ1v) is 9.83. The highest BCUT2D eigenvalue weighted by Gasteiger charge is 2.42. The molecule has 4 rings (SSSR count). The van der Waals surface area contributed by atoms with Gasteiger partial charge in [-0.1, -0.05) is 12.1 Å². The van der Waals surface area contributed by atoms with Crippen molar-refractivity contribution in [3.8, 4) is 11.5 Å². The van der Waals surface area contributed by atoms with Gasteiger partial charge in [0.25, 0.3) is 5.91 Å². The summed E-state index contributed by atoms with van der Waals surface area (Å²) in [4.78, 5) is 29.7. The lowest BCUT2D eigenvalue weighted by Gasteiger charge is -2.25. The monoisotopic (exact) mass is 409 g/mol. The average Bonchev–Trinajstić information content (AvgIpc) is 3.04. The first-order chi connectivity index (χ1) is 14.4. The minimum atomic E-state index is -0.500. The zero-order valence-corrected chi connectivity index (χ0v) is 17.5. The maximum atomic E-state index is 13.4. The molecule has 30 heavy (non-hydrogen) atoms. The number of carbonyl (C=O) groups excluding carboxylic acids is 1. The summed E-state index contributed by atoms with van der Waals surface area (Å²) in [6.45, 7) is 1.25. The van der Waals surface area contributed by atoms with Crippen molar-refractivity contribution in [2.45, 2.75) is 6.04 Å². The van der Waals surface area contributed by atoms with Crippen molar-refractivity contribution in [1.29, 1.82) is 0 Å². The van der Waals surface area contributed by atoms with E-state index in [2.05, 4.69) is 0 Å². The molecule has 0 saturated carbocycles. The van der Waals surface area contributed by atoms with Crippen LogP contribution in [0, 0.1) is 0 Å². The van der Waals surface area contributed by atoms with Crippen LogP contribution in [0.1, 0.15) is 27.7 Å². The lowest BCUT2D eigenvalue weighted by Crippen LogP contribution is -3.06. The Morgan fingerprint density at radius 1 is 1.00 bits per heavy atom. The number of ether oxygens (including phenoxy) is 2. The number of methoxy groups -OCH3 is 2. The third-order valence-corrected chi connectivity index (χ3v) is 5.46. The molecule has 1 aliphatic heterocycles. The van der Waals surface area contributed by atoms with Gasteiger partial charge in [-0.3, -0.25) is 9.59 Å². The van der Waals surface area contributed by atoms with Crippen molar-refractivity contribution in [2.75, 3.05) is 41.4 Å². The molecule has 0 aliphatic carbocycles. The summed E-state index contributed by atoms with van der Waals surface area (Å²) in [5.74, 6) is 1.12. The molecule has 2 aromatic carbocycles. The summed E-state index contributed by atoms with van der Waals surface area (Å²) in [5.41, 5.74) is 1.39. The molecule has 7 heteroatoms. The summed E-state index contributed by atoms with van der Waals surface area (Å²) in [6, 6.07) is 12.0. The smallest absolute Gasteiger partial charge is 0.291 e. The molecule has 2 heterocycles. The lowest BCUT2D eigenvalue weighted by atomic mass is 9.98. The summed E-state index contributed by atoms with van der Waals surface area (Å²) in [5, 5.41) is 0.431. The molecule has 7 nitrogen and oxygen atoms in total. The maximum absolute atomic E-state index is 13.4. The second kappa shape index (κ2) is 7.84. The van der Waals surface area contributed by atoms with Gasteiger partial charge >= 0.3 is 0 Å². The van der Waals surface area contributed by atoms with Crippen molar-refractivity contribution in [1.82, 2.24) is 4.90 Å². The van der Waals surface area contributed by atoms with Gasteiger partial charge in [0.1, 0.15) is 17.1 Å². The highest BCUT2D eigenvalue weighted by Crippen LogP contribution is 2.38. The lowest BCUT2D eigenvalue weighted by molar-refractivity contribution is -0.857. The van der Waals surface area contributed by atoms with Gasteiger partial charge < -0.3 is 23.7 Å². The molecule has 1 aromatic heterocycles. The molecule has 0 fully saturated rings. The van der Waals surface area contributed by atoms with Crippen LogP contribution in [-0.2, 0) is 0 Å². The number of hydrogen-bond acceptors (Lipinski definition) is 5. The summed E-state index contributed by atoms with van der Waals surface area (Å²) in [7, 11) is 7.20. The van der Waals surface area contributed by atoms with E-state index in [4.69, 9.17) is 13.9 Å². The van der Waals surface area contributed by atoms with E-state index in [0.29, 0.717) is 34.6 Å². The molecular formula is C23H25N2O5+. The zero-order chi connectivity index (χ0) is 21.4. The van der Waals surface area contributed by atoms with Crippen LogP contribution < -0.4 is 19.8 Å². The number of carbonyl (C=O) groups is 1. The van der Waals surface area contributed by atoms with Gasteiger partial charge in [-0.05, 0) is 29.8 Å². The number of quaternary nitrogens is 1. The molecule has 1 atom stereocenters. The fourth-order valence-electron chi connectivity index (χ4n) is 3.83. The van der Waals surface area contributed by atoms with Gasteiger partial charge in [0.15, 0.2) is 5.43 Å². The molecular weight excluding hydrogens is 384 g/mol. The Kier molecular flexibility index (Phi) is 5.22. The van der Waals surface area contributed by atoms with Crippen molar-refractivity contribution in [2.24, 2.45) is 0 Å². The number of fused-ring (bicyclic) bond motifs is 2. The van der Waals surface area contributed by atoms with E-state index in [9.17, 15) is 9.59 Å². The van der Waals surface area contributed by atoms with Crippen LogP contribution in [0.5, 0.6) is 11.5 Å². The van der Waals surface area contributed by atoms with Crippen LogP contribution in [0.2, 0.25) is 0 Å². The number of amides is 1. The normalized spacial score (nSPS) is 15.7. The van der Waals surface area contributed by atoms with E-state index < -0.39 is 6.04 Å². The highest BCUT2D eigenvalue weighted by atomic mass is 16.5. The fraction of sp³-hybridized carbons (Fsp3) is 0.304. The Hall–Kier alpha value is -3.32. The maximum Gasteiger partial charge on any atom is 0.291 e. The molecule has 156 valence electrons. The Bertz CT molecular complexity index is 1150. The Morgan fingerprint density at radius 3 is 2.30 bits per heavy atom. The molecule has 3 aromatic rings. The van der Waals surface area contributed by atoms with Crippen LogP contribution in [0.4, 0.5) is 0 Å². The van der Waals surface area contributed by atoms with E-state index in [1.54, 1.807) is 37.3 Å². The topological polar surface area (TPSA) is 73.4 Å². The van der Waals surface area contributed by atoms with Gasteiger partial charge in [0, 0.05) is 6.07 Å². The van der Waals surface area contributed by atoms with E-state index in [1.807, 2.05) is 38.4 Å². The minimum absolute atomic E-state index is 0.107. The second-order valence-electron chi connectivity index (χ2n) is 7.67. The van der Waals surface area contributed by atoms with Gasteiger partial charge in [0.05, 0.1) is 58.4 Å². The van der Waals surface area contributed by atoms with E-state index >= 15 is 0 Å². The van der Waals surface area contributed by atoms with Gasteiger partial charge in [-0.2, -0.15) is 0 Å². The van der Waals surface area contributed by atoms with Crippen molar-refractivity contribution in [3.05, 3.63) is 69.6 Å². The van der Waals surface area contributed by atoms with Crippen LogP contribution in [0.15, 0.2) is 51.7 Å². The molecule has 0 saturated heterocycles. The molecule has 0 spiro atoms. The number of likely N-dealkylation sites (N-methyl/N-ethyl adjacent to an activating group) is 1. The summed E-state index contributed by atoms with van der Waals surface area (Å²) < 4.78 is 16.5. The third kappa shape index (κ3) is 3.31. The Morgan fingerprint density at radius 2 is 1.67 bits per heavy atom. The van der Waals surface area contributed by atoms with E-state index in [-0.39, 0.29) is 17.1 Å². The van der Waals surface area contributed by atoms with Crippen LogP contribution in [0.3, 0.4) is 0 Å². The first-order valence-electron chi connectivity index (χ1n) is 9.83. The number of nitrogens with one attached hydrogen (secondary N) is 1. The predicted octanol–water partition coefficient (Wildman–Crippen LogP) is 1.50. The fourth-order valence-corrected chi connectivity index (χ4v) is 3.83. The van der Waals surface area contributed by atoms with Crippen LogP contribution in [0.25, 0.3) is 11.0 Å². The first kappa shape index (κ1) is 20.0. The average molecular weight is 409 g/mol. The Labute approximate surface area is 174 Å². The SMILES string of the molecule is COc1ccc([C@H]2c3c(oc4cc(OC)ccc4c3=O)C(=O)N2CC[NH+](C)C)cc1. The van der Waals surface area contributed by atoms with Gasteiger partial charge in [-0.15, -0.1) is 0 Å². The quantitative estimate of drug-likeness (QED) is 0.668. The minimum Gasteiger partial charge on any atom is -0.497 e. The summed E-state index contributed by atoms with van der Waals surface area (Å²) in [6.07, 6.45) is 0. The zero-order valence-electron chi connectivity index (χ0n) is 17.5. The Balaban J connectivity index is 1.91. The second-order valence-corrected chi connectivity index (χ2v) is 7.67.